The minimum absolute atomic E-state index is 0.0156. The maximum atomic E-state index is 12.4. The van der Waals surface area contributed by atoms with Crippen molar-refractivity contribution in [2.45, 2.75) is 31.8 Å². The predicted molar refractivity (Wildman–Crippen MR) is 84.8 cm³/mol. The Bertz CT molecular complexity index is 641. The SMILES string of the molecule is N#Cc1ccc(OCC(O)CN2C(=O)C3CCCCC3C2=O)cc1. The number of nitriles is 1. The molecule has 3 atom stereocenters. The molecule has 1 heterocycles. The van der Waals surface area contributed by atoms with Crippen molar-refractivity contribution in [3.8, 4) is 11.8 Å². The maximum Gasteiger partial charge on any atom is 0.233 e. The second-order valence-corrected chi connectivity index (χ2v) is 6.39. The largest absolute Gasteiger partial charge is 0.491 e. The summed E-state index contributed by atoms with van der Waals surface area (Å²) in [7, 11) is 0. The highest BCUT2D eigenvalue weighted by Crippen LogP contribution is 2.37. The topological polar surface area (TPSA) is 90.6 Å². The van der Waals surface area contributed by atoms with E-state index in [1.54, 1.807) is 24.3 Å². The Labute approximate surface area is 140 Å². The molecule has 1 N–H and O–H groups in total. The van der Waals surface area contributed by atoms with Crippen molar-refractivity contribution in [3.05, 3.63) is 29.8 Å². The molecule has 3 rings (SSSR count). The van der Waals surface area contributed by atoms with Crippen LogP contribution in [0.5, 0.6) is 5.75 Å². The molecule has 0 spiro atoms. The Morgan fingerprint density at radius 3 is 2.29 bits per heavy atom. The Hall–Kier alpha value is -2.39. The predicted octanol–water partition coefficient (Wildman–Crippen LogP) is 1.47. The molecular formula is C18H20N2O4. The van der Waals surface area contributed by atoms with Gasteiger partial charge < -0.3 is 9.84 Å². The molecule has 1 aliphatic heterocycles. The first kappa shape index (κ1) is 16.5. The Balaban J connectivity index is 1.54. The van der Waals surface area contributed by atoms with Gasteiger partial charge in [0, 0.05) is 0 Å². The van der Waals surface area contributed by atoms with Crippen LogP contribution in [0.25, 0.3) is 0 Å². The minimum Gasteiger partial charge on any atom is -0.491 e. The summed E-state index contributed by atoms with van der Waals surface area (Å²) in [5, 5.41) is 18.9. The van der Waals surface area contributed by atoms with Gasteiger partial charge in [-0.15, -0.1) is 0 Å². The van der Waals surface area contributed by atoms with E-state index in [1.165, 1.54) is 4.90 Å². The third-order valence-corrected chi connectivity index (χ3v) is 4.75. The number of fused-ring (bicyclic) bond motifs is 1. The average molecular weight is 328 g/mol. The second-order valence-electron chi connectivity index (χ2n) is 6.39. The van der Waals surface area contributed by atoms with Crippen LogP contribution in [-0.4, -0.2) is 41.1 Å². The summed E-state index contributed by atoms with van der Waals surface area (Å²) in [6.07, 6.45) is 2.57. The van der Waals surface area contributed by atoms with Crippen LogP contribution in [0, 0.1) is 23.2 Å². The lowest BCUT2D eigenvalue weighted by molar-refractivity contribution is -0.141. The van der Waals surface area contributed by atoms with Gasteiger partial charge in [-0.25, -0.2) is 0 Å². The minimum atomic E-state index is -0.936. The maximum absolute atomic E-state index is 12.4. The number of carbonyl (C=O) groups excluding carboxylic acids is 2. The zero-order valence-corrected chi connectivity index (χ0v) is 13.4. The van der Waals surface area contributed by atoms with E-state index in [1.807, 2.05) is 6.07 Å². The van der Waals surface area contributed by atoms with Crippen molar-refractivity contribution in [1.29, 1.82) is 5.26 Å². The smallest absolute Gasteiger partial charge is 0.233 e. The number of imide groups is 1. The number of β-amino-alcohol motifs (C(OH)–C–C–N with tert-alkyl or cyclic N) is 1. The number of amides is 2. The molecular weight excluding hydrogens is 308 g/mol. The van der Waals surface area contributed by atoms with Gasteiger partial charge in [0.25, 0.3) is 0 Å². The van der Waals surface area contributed by atoms with Crippen LogP contribution in [0.3, 0.4) is 0 Å². The molecule has 24 heavy (non-hydrogen) atoms. The molecule has 2 aliphatic rings. The molecule has 1 saturated carbocycles. The molecule has 0 radical (unpaired) electrons. The number of hydrogen-bond acceptors (Lipinski definition) is 5. The van der Waals surface area contributed by atoms with Gasteiger partial charge in [0.1, 0.15) is 18.5 Å². The van der Waals surface area contributed by atoms with Crippen molar-refractivity contribution in [2.24, 2.45) is 11.8 Å². The summed E-state index contributed by atoms with van der Waals surface area (Å²) < 4.78 is 5.46. The third-order valence-electron chi connectivity index (χ3n) is 4.75. The monoisotopic (exact) mass is 328 g/mol. The first-order chi connectivity index (χ1) is 11.6. The molecule has 126 valence electrons. The fourth-order valence-corrected chi connectivity index (χ4v) is 3.49. The number of aliphatic hydroxyl groups excluding tert-OH is 1. The van der Waals surface area contributed by atoms with Crippen molar-refractivity contribution < 1.29 is 19.4 Å². The summed E-state index contributed by atoms with van der Waals surface area (Å²) in [6, 6.07) is 8.55. The van der Waals surface area contributed by atoms with Crippen LogP contribution in [0.15, 0.2) is 24.3 Å². The first-order valence-corrected chi connectivity index (χ1v) is 8.26. The fraction of sp³-hybridized carbons (Fsp3) is 0.500. The zero-order chi connectivity index (χ0) is 17.1. The van der Waals surface area contributed by atoms with E-state index in [0.717, 1.165) is 25.7 Å². The van der Waals surface area contributed by atoms with E-state index in [0.29, 0.717) is 11.3 Å². The number of ether oxygens (including phenoxy) is 1. The van der Waals surface area contributed by atoms with Gasteiger partial charge in [-0.2, -0.15) is 5.26 Å². The highest BCUT2D eigenvalue weighted by Gasteiger charge is 2.48. The number of carbonyl (C=O) groups is 2. The number of aliphatic hydroxyl groups is 1. The fourth-order valence-electron chi connectivity index (χ4n) is 3.49. The van der Waals surface area contributed by atoms with Crippen molar-refractivity contribution >= 4 is 11.8 Å². The summed E-state index contributed by atoms with van der Waals surface area (Å²) >= 11 is 0. The third kappa shape index (κ3) is 3.26. The Morgan fingerprint density at radius 2 is 1.75 bits per heavy atom. The number of likely N-dealkylation sites (tertiary alicyclic amines) is 1. The molecule has 2 amide bonds. The van der Waals surface area contributed by atoms with E-state index in [9.17, 15) is 14.7 Å². The molecule has 1 aromatic rings. The van der Waals surface area contributed by atoms with E-state index in [-0.39, 0.29) is 36.8 Å². The van der Waals surface area contributed by atoms with E-state index in [2.05, 4.69) is 0 Å². The number of nitrogens with zero attached hydrogens (tertiary/aromatic N) is 2. The van der Waals surface area contributed by atoms with Crippen LogP contribution >= 0.6 is 0 Å². The summed E-state index contributed by atoms with van der Waals surface area (Å²) in [5.41, 5.74) is 0.527. The molecule has 0 aromatic heterocycles. The normalized spacial score (nSPS) is 24.4. The summed E-state index contributed by atoms with van der Waals surface area (Å²) in [4.78, 5) is 25.9. The van der Waals surface area contributed by atoms with E-state index in [4.69, 9.17) is 10.00 Å². The zero-order valence-electron chi connectivity index (χ0n) is 13.4. The highest BCUT2D eigenvalue weighted by molar-refractivity contribution is 6.05. The van der Waals surface area contributed by atoms with Crippen LogP contribution < -0.4 is 4.74 Å². The van der Waals surface area contributed by atoms with Crippen molar-refractivity contribution in [1.82, 2.24) is 4.90 Å². The molecule has 0 bridgehead atoms. The van der Waals surface area contributed by atoms with E-state index >= 15 is 0 Å². The summed E-state index contributed by atoms with van der Waals surface area (Å²) in [6.45, 7) is -0.0424. The Kier molecular flexibility index (Phi) is 4.81. The lowest BCUT2D eigenvalue weighted by atomic mass is 9.81. The van der Waals surface area contributed by atoms with Gasteiger partial charge in [-0.3, -0.25) is 14.5 Å². The molecule has 6 nitrogen and oxygen atoms in total. The second kappa shape index (κ2) is 7.02. The molecule has 1 saturated heterocycles. The van der Waals surface area contributed by atoms with Crippen LogP contribution in [0.1, 0.15) is 31.2 Å². The molecule has 3 unspecified atom stereocenters. The first-order valence-electron chi connectivity index (χ1n) is 8.26. The number of benzene rings is 1. The lowest BCUT2D eigenvalue weighted by Crippen LogP contribution is -2.40. The van der Waals surface area contributed by atoms with Gasteiger partial charge in [0.05, 0.1) is 30.0 Å². The number of rotatable bonds is 5. The van der Waals surface area contributed by atoms with Crippen molar-refractivity contribution in [2.75, 3.05) is 13.2 Å². The molecule has 1 aromatic carbocycles. The van der Waals surface area contributed by atoms with Gasteiger partial charge in [0.15, 0.2) is 0 Å². The van der Waals surface area contributed by atoms with E-state index < -0.39 is 6.10 Å². The van der Waals surface area contributed by atoms with Crippen molar-refractivity contribution in [3.63, 3.8) is 0 Å². The standard InChI is InChI=1S/C18H20N2O4/c19-9-12-5-7-14(8-6-12)24-11-13(21)10-20-17(22)15-3-1-2-4-16(15)18(20)23/h5-8,13,15-16,21H,1-4,10-11H2. The highest BCUT2D eigenvalue weighted by atomic mass is 16.5. The molecule has 6 heteroatoms. The Morgan fingerprint density at radius 1 is 1.17 bits per heavy atom. The quantitative estimate of drug-likeness (QED) is 0.827. The van der Waals surface area contributed by atoms with Gasteiger partial charge in [0.2, 0.25) is 11.8 Å². The average Bonchev–Trinajstić information content (AvgIpc) is 2.86. The van der Waals surface area contributed by atoms with Gasteiger partial charge in [-0.1, -0.05) is 12.8 Å². The lowest BCUT2D eigenvalue weighted by Gasteiger charge is -2.19. The molecule has 2 fully saturated rings. The molecule has 1 aliphatic carbocycles. The summed E-state index contributed by atoms with van der Waals surface area (Å²) in [5.74, 6) is -0.166. The van der Waals surface area contributed by atoms with Gasteiger partial charge >= 0.3 is 0 Å². The van der Waals surface area contributed by atoms with Crippen LogP contribution in [0.2, 0.25) is 0 Å². The van der Waals surface area contributed by atoms with Gasteiger partial charge in [-0.05, 0) is 37.1 Å². The number of hydrogen-bond donors (Lipinski definition) is 1. The van der Waals surface area contributed by atoms with Crippen LogP contribution in [0.4, 0.5) is 0 Å². The van der Waals surface area contributed by atoms with Crippen LogP contribution in [-0.2, 0) is 9.59 Å².